The zero-order chi connectivity index (χ0) is 6.78. The predicted octanol–water partition coefficient (Wildman–Crippen LogP) is 1.90. The summed E-state index contributed by atoms with van der Waals surface area (Å²) in [6.07, 6.45) is 0. The fourth-order valence-electron chi connectivity index (χ4n) is 0.474. The molecule has 49 valence electrons. The maximum atomic E-state index is 3.86. The van der Waals surface area contributed by atoms with Crippen molar-refractivity contribution in [2.24, 2.45) is 0 Å². The van der Waals surface area contributed by atoms with Crippen molar-refractivity contribution in [2.75, 3.05) is 6.54 Å². The normalized spacial score (nSPS) is 12.8. The van der Waals surface area contributed by atoms with Gasteiger partial charge in [-0.05, 0) is 27.3 Å². The van der Waals surface area contributed by atoms with E-state index >= 15 is 0 Å². The van der Waals surface area contributed by atoms with Gasteiger partial charge in [-0.1, -0.05) is 6.92 Å². The Bertz CT molecular complexity index is 61.3. The molecule has 0 unspecified atom stereocenters. The summed E-state index contributed by atoms with van der Waals surface area (Å²) in [5.41, 5.74) is 0.231. The fourth-order valence-corrected chi connectivity index (χ4v) is 0.474. The van der Waals surface area contributed by atoms with Gasteiger partial charge in [-0.15, -0.1) is 0 Å². The molecule has 0 aromatic carbocycles. The van der Waals surface area contributed by atoms with Crippen molar-refractivity contribution in [3.63, 3.8) is 0 Å². The highest BCUT2D eigenvalue weighted by Gasteiger charge is 2.13. The molecule has 0 aliphatic rings. The number of nitrogens with zero attached hydrogens (tertiary/aromatic N) is 1. The van der Waals surface area contributed by atoms with Crippen molar-refractivity contribution in [1.82, 2.24) is 4.90 Å². The lowest BCUT2D eigenvalue weighted by Crippen LogP contribution is -2.35. The Morgan fingerprint density at radius 2 is 1.75 bits per heavy atom. The molecule has 0 aromatic heterocycles. The van der Waals surface area contributed by atoms with Crippen LogP contribution < -0.4 is 0 Å². The summed E-state index contributed by atoms with van der Waals surface area (Å²) in [5.74, 6) is 0. The summed E-state index contributed by atoms with van der Waals surface area (Å²) in [6, 6.07) is 0. The van der Waals surface area contributed by atoms with E-state index in [9.17, 15) is 0 Å². The van der Waals surface area contributed by atoms with Crippen LogP contribution in [0.25, 0.3) is 0 Å². The highest BCUT2D eigenvalue weighted by Crippen LogP contribution is 2.09. The summed E-state index contributed by atoms with van der Waals surface area (Å²) in [7, 11) is 3.86. The van der Waals surface area contributed by atoms with E-state index < -0.39 is 0 Å². The third kappa shape index (κ3) is 2.31. The van der Waals surface area contributed by atoms with E-state index in [1.165, 1.54) is 0 Å². The van der Waals surface area contributed by atoms with Crippen LogP contribution in [0.4, 0.5) is 0 Å². The van der Waals surface area contributed by atoms with Crippen LogP contribution in [0.5, 0.6) is 0 Å². The van der Waals surface area contributed by atoms with E-state index in [-0.39, 0.29) is 5.54 Å². The molecule has 8 heavy (non-hydrogen) atoms. The van der Waals surface area contributed by atoms with Crippen molar-refractivity contribution in [2.45, 2.75) is 33.2 Å². The summed E-state index contributed by atoms with van der Waals surface area (Å²) in [6.45, 7) is 9.60. The van der Waals surface area contributed by atoms with Crippen LogP contribution in [0.2, 0.25) is 0 Å². The summed E-state index contributed by atoms with van der Waals surface area (Å²) < 4.78 is 0. The summed E-state index contributed by atoms with van der Waals surface area (Å²) in [5, 5.41) is 0. The quantitative estimate of drug-likeness (QED) is 0.503. The SMILES string of the molecule is [CH2]N(CC)C(C)(C)C. The molecule has 0 aliphatic heterocycles. The molecule has 0 N–H and O–H groups in total. The van der Waals surface area contributed by atoms with Crippen molar-refractivity contribution >= 4 is 0 Å². The second-order valence-corrected chi connectivity index (χ2v) is 3.03. The Labute approximate surface area is 52.7 Å². The van der Waals surface area contributed by atoms with Crippen molar-refractivity contribution in [3.05, 3.63) is 7.05 Å². The third-order valence-electron chi connectivity index (χ3n) is 1.33. The molecule has 1 heteroatoms. The number of hydrogen-bond acceptors (Lipinski definition) is 1. The number of hydrogen-bond donors (Lipinski definition) is 0. The van der Waals surface area contributed by atoms with Gasteiger partial charge in [-0.3, -0.25) is 4.90 Å². The van der Waals surface area contributed by atoms with Gasteiger partial charge in [0.1, 0.15) is 0 Å². The highest BCUT2D eigenvalue weighted by atomic mass is 15.1. The van der Waals surface area contributed by atoms with Gasteiger partial charge in [-0.25, -0.2) is 0 Å². The predicted molar refractivity (Wildman–Crippen MR) is 37.5 cm³/mol. The zero-order valence-electron chi connectivity index (χ0n) is 6.36. The summed E-state index contributed by atoms with van der Waals surface area (Å²) in [4.78, 5) is 2.06. The van der Waals surface area contributed by atoms with E-state index in [2.05, 4.69) is 39.6 Å². The van der Waals surface area contributed by atoms with Crippen LogP contribution in [0.1, 0.15) is 27.7 Å². The maximum Gasteiger partial charge on any atom is 0.0125 e. The minimum atomic E-state index is 0.231. The van der Waals surface area contributed by atoms with Gasteiger partial charge in [0.05, 0.1) is 0 Å². The fraction of sp³-hybridized carbons (Fsp3) is 0.857. The molecule has 0 amide bonds. The van der Waals surface area contributed by atoms with Crippen LogP contribution >= 0.6 is 0 Å². The minimum Gasteiger partial charge on any atom is -0.297 e. The Kier molecular flexibility index (Phi) is 2.48. The smallest absolute Gasteiger partial charge is 0.0125 e. The van der Waals surface area contributed by atoms with Crippen LogP contribution in [-0.4, -0.2) is 17.0 Å². The molecule has 0 atom stereocenters. The van der Waals surface area contributed by atoms with Crippen molar-refractivity contribution < 1.29 is 0 Å². The number of rotatable bonds is 1. The average molecular weight is 114 g/mol. The first-order valence-electron chi connectivity index (χ1n) is 3.06. The second kappa shape index (κ2) is 2.49. The molecular weight excluding hydrogens is 98.1 g/mol. The van der Waals surface area contributed by atoms with Crippen molar-refractivity contribution in [1.29, 1.82) is 0 Å². The first kappa shape index (κ1) is 7.96. The van der Waals surface area contributed by atoms with Gasteiger partial charge < -0.3 is 0 Å². The lowest BCUT2D eigenvalue weighted by atomic mass is 10.1. The van der Waals surface area contributed by atoms with Gasteiger partial charge in [0, 0.05) is 12.6 Å². The minimum absolute atomic E-state index is 0.231. The molecule has 0 saturated carbocycles. The van der Waals surface area contributed by atoms with E-state index in [0.717, 1.165) is 6.54 Å². The van der Waals surface area contributed by atoms with Gasteiger partial charge in [0.15, 0.2) is 0 Å². The summed E-state index contributed by atoms with van der Waals surface area (Å²) >= 11 is 0. The maximum absolute atomic E-state index is 3.86. The van der Waals surface area contributed by atoms with E-state index in [1.807, 2.05) is 0 Å². The average Bonchev–Trinajstić information content (AvgIpc) is 1.62. The molecule has 0 rings (SSSR count). The van der Waals surface area contributed by atoms with Gasteiger partial charge in [0.25, 0.3) is 0 Å². The molecule has 0 heterocycles. The Hall–Kier alpha value is -0.0400. The highest BCUT2D eigenvalue weighted by molar-refractivity contribution is 4.73. The van der Waals surface area contributed by atoms with Crippen LogP contribution in [0, 0.1) is 7.05 Å². The molecule has 1 nitrogen and oxygen atoms in total. The van der Waals surface area contributed by atoms with Crippen LogP contribution in [0.15, 0.2) is 0 Å². The lowest BCUT2D eigenvalue weighted by molar-refractivity contribution is 0.211. The monoisotopic (exact) mass is 114 g/mol. The second-order valence-electron chi connectivity index (χ2n) is 3.03. The molecule has 1 radical (unpaired) electrons. The van der Waals surface area contributed by atoms with E-state index in [0.29, 0.717) is 0 Å². The van der Waals surface area contributed by atoms with E-state index in [1.54, 1.807) is 0 Å². The van der Waals surface area contributed by atoms with E-state index in [4.69, 9.17) is 0 Å². The first-order chi connectivity index (χ1) is 3.48. The third-order valence-corrected chi connectivity index (χ3v) is 1.33. The van der Waals surface area contributed by atoms with Crippen LogP contribution in [0.3, 0.4) is 0 Å². The molecule has 0 fully saturated rings. The molecule has 0 spiro atoms. The molecule has 0 bridgehead atoms. The lowest BCUT2D eigenvalue weighted by Gasteiger charge is -2.30. The molecule has 0 aliphatic carbocycles. The van der Waals surface area contributed by atoms with Gasteiger partial charge >= 0.3 is 0 Å². The molecule has 0 aromatic rings. The van der Waals surface area contributed by atoms with Crippen molar-refractivity contribution in [3.8, 4) is 0 Å². The molecular formula is C7H16N. The van der Waals surface area contributed by atoms with Crippen LogP contribution in [-0.2, 0) is 0 Å². The van der Waals surface area contributed by atoms with Gasteiger partial charge in [0.2, 0.25) is 0 Å². The topological polar surface area (TPSA) is 3.24 Å². The van der Waals surface area contributed by atoms with Gasteiger partial charge in [-0.2, -0.15) is 0 Å². The Morgan fingerprint density at radius 1 is 1.38 bits per heavy atom. The standard InChI is InChI=1S/C7H16N/c1-6-8(5)7(2,3)4/h5-6H2,1-4H3. The zero-order valence-corrected chi connectivity index (χ0v) is 6.36. The molecule has 0 saturated heterocycles. The Balaban J connectivity index is 3.62. The first-order valence-corrected chi connectivity index (χ1v) is 3.06. The Morgan fingerprint density at radius 3 is 1.75 bits per heavy atom. The largest absolute Gasteiger partial charge is 0.297 e.